The Morgan fingerprint density at radius 1 is 1.09 bits per heavy atom. The molecule has 0 radical (unpaired) electrons. The van der Waals surface area contributed by atoms with Crippen LogP contribution < -0.4 is 10.5 Å². The van der Waals surface area contributed by atoms with E-state index in [4.69, 9.17) is 16.7 Å². The van der Waals surface area contributed by atoms with Crippen molar-refractivity contribution in [1.82, 2.24) is 19.9 Å². The van der Waals surface area contributed by atoms with Gasteiger partial charge >= 0.3 is 6.18 Å². The number of fused-ring (bicyclic) bond motifs is 1. The van der Waals surface area contributed by atoms with Gasteiger partial charge in [-0.1, -0.05) is 29.8 Å². The first-order chi connectivity index (χ1) is 16.4. The highest BCUT2D eigenvalue weighted by Crippen LogP contribution is 2.37. The molecular formula is C21H14ClF4N5O3S. The Bertz CT molecular complexity index is 1550. The van der Waals surface area contributed by atoms with Crippen molar-refractivity contribution in [2.75, 3.05) is 6.54 Å². The number of hydrogen-bond donors (Lipinski definition) is 2. The van der Waals surface area contributed by atoms with Crippen LogP contribution in [0, 0.1) is 5.82 Å². The quantitative estimate of drug-likeness (QED) is 0.383. The summed E-state index contributed by atoms with van der Waals surface area (Å²) in [5.74, 6) is -1.96. The summed E-state index contributed by atoms with van der Waals surface area (Å²) in [5.41, 5.74) is 0.0657. The van der Waals surface area contributed by atoms with E-state index in [2.05, 4.69) is 10.1 Å². The molecule has 0 fully saturated rings. The number of aromatic nitrogens is 3. The van der Waals surface area contributed by atoms with E-state index in [1.54, 1.807) is 29.6 Å². The van der Waals surface area contributed by atoms with Crippen LogP contribution in [0.3, 0.4) is 0 Å². The van der Waals surface area contributed by atoms with Crippen molar-refractivity contribution >= 4 is 33.2 Å². The minimum Gasteiger partial charge on any atom is -0.343 e. The van der Waals surface area contributed by atoms with E-state index >= 15 is 0 Å². The van der Waals surface area contributed by atoms with E-state index in [1.165, 1.54) is 18.3 Å². The van der Waals surface area contributed by atoms with Gasteiger partial charge in [0, 0.05) is 27.9 Å². The number of halogens is 5. The summed E-state index contributed by atoms with van der Waals surface area (Å²) in [6, 6.07) is 11.6. The van der Waals surface area contributed by atoms with Gasteiger partial charge in [0.1, 0.15) is 17.9 Å². The van der Waals surface area contributed by atoms with Gasteiger partial charge in [0.05, 0.1) is 5.69 Å². The third-order valence-electron chi connectivity index (χ3n) is 4.84. The van der Waals surface area contributed by atoms with E-state index < -0.39 is 45.1 Å². The summed E-state index contributed by atoms with van der Waals surface area (Å²) in [6.07, 6.45) is -3.51. The maximum atomic E-state index is 13.6. The number of alkyl halides is 3. The first-order valence-electron chi connectivity index (χ1n) is 9.67. The smallest absolute Gasteiger partial charge is 0.343 e. The van der Waals surface area contributed by atoms with Gasteiger partial charge in [-0.05, 0) is 30.3 Å². The average molecular weight is 528 g/mol. The molecule has 14 heteroatoms. The van der Waals surface area contributed by atoms with Crippen LogP contribution in [0.15, 0.2) is 59.8 Å². The molecule has 1 amide bonds. The Balaban J connectivity index is 2.07. The normalized spacial score (nSPS) is 12.2. The molecule has 0 bridgehead atoms. The number of nitrogens with one attached hydrogen (secondary N) is 1. The van der Waals surface area contributed by atoms with Crippen LogP contribution in [-0.2, 0) is 10.0 Å². The zero-order chi connectivity index (χ0) is 25.5. The lowest BCUT2D eigenvalue weighted by atomic mass is 10.0. The Kier molecular flexibility index (Phi) is 6.25. The van der Waals surface area contributed by atoms with E-state index in [1.807, 2.05) is 0 Å². The predicted octanol–water partition coefficient (Wildman–Crippen LogP) is 3.80. The Labute approximate surface area is 200 Å². The fourth-order valence-electron chi connectivity index (χ4n) is 3.39. The van der Waals surface area contributed by atoms with Crippen LogP contribution in [0.25, 0.3) is 28.0 Å². The van der Waals surface area contributed by atoms with Gasteiger partial charge in [0.2, 0.25) is 5.03 Å². The molecule has 3 N–H and O–H groups in total. The third kappa shape index (κ3) is 4.97. The third-order valence-corrected chi connectivity index (χ3v) is 5.99. The van der Waals surface area contributed by atoms with Gasteiger partial charge in [-0.25, -0.2) is 27.4 Å². The van der Waals surface area contributed by atoms with E-state index in [0.717, 1.165) is 16.6 Å². The molecule has 0 saturated carbocycles. The van der Waals surface area contributed by atoms with Crippen LogP contribution in [0.2, 0.25) is 5.02 Å². The molecule has 182 valence electrons. The SMILES string of the molecule is NS(=O)(=O)c1nn2c(-c3ccc(F)cc3)c(-c3ccccc3Cl)cnc2c1C(=O)NCC(F)(F)F. The van der Waals surface area contributed by atoms with Crippen LogP contribution in [0.4, 0.5) is 17.6 Å². The van der Waals surface area contributed by atoms with Crippen molar-refractivity contribution in [1.29, 1.82) is 0 Å². The highest BCUT2D eigenvalue weighted by molar-refractivity contribution is 7.89. The molecule has 4 aromatic rings. The van der Waals surface area contributed by atoms with Crippen LogP contribution in [0.5, 0.6) is 0 Å². The first-order valence-corrected chi connectivity index (χ1v) is 11.6. The molecule has 0 aliphatic heterocycles. The monoisotopic (exact) mass is 527 g/mol. The Morgan fingerprint density at radius 2 is 1.74 bits per heavy atom. The van der Waals surface area contributed by atoms with E-state index in [0.29, 0.717) is 21.7 Å². The van der Waals surface area contributed by atoms with Gasteiger partial charge in [-0.15, -0.1) is 0 Å². The summed E-state index contributed by atoms with van der Waals surface area (Å²) in [7, 11) is -4.69. The van der Waals surface area contributed by atoms with E-state index in [-0.39, 0.29) is 11.3 Å². The van der Waals surface area contributed by atoms with Crippen molar-refractivity contribution in [3.05, 3.63) is 71.1 Å². The molecule has 0 aliphatic rings. The number of nitrogens with zero attached hydrogens (tertiary/aromatic N) is 3. The summed E-state index contributed by atoms with van der Waals surface area (Å²) in [4.78, 5) is 16.7. The molecule has 0 spiro atoms. The number of hydrogen-bond acceptors (Lipinski definition) is 5. The minimum atomic E-state index is -4.76. The van der Waals surface area contributed by atoms with Gasteiger partial charge in [-0.2, -0.15) is 18.3 Å². The summed E-state index contributed by atoms with van der Waals surface area (Å²) < 4.78 is 77.0. The largest absolute Gasteiger partial charge is 0.405 e. The van der Waals surface area contributed by atoms with Gasteiger partial charge in [0.25, 0.3) is 15.9 Å². The van der Waals surface area contributed by atoms with Gasteiger partial charge < -0.3 is 5.32 Å². The molecule has 2 aromatic heterocycles. The van der Waals surface area contributed by atoms with Crippen molar-refractivity contribution in [2.45, 2.75) is 11.2 Å². The van der Waals surface area contributed by atoms with Crippen LogP contribution in [0.1, 0.15) is 10.4 Å². The zero-order valence-electron chi connectivity index (χ0n) is 17.3. The van der Waals surface area contributed by atoms with Gasteiger partial charge in [0.15, 0.2) is 5.65 Å². The van der Waals surface area contributed by atoms with Crippen LogP contribution in [-0.4, -0.2) is 41.6 Å². The Hall–Kier alpha value is -3.55. The predicted molar refractivity (Wildman–Crippen MR) is 119 cm³/mol. The highest BCUT2D eigenvalue weighted by atomic mass is 35.5. The molecule has 8 nitrogen and oxygen atoms in total. The fraction of sp³-hybridized carbons (Fsp3) is 0.0952. The molecule has 0 unspecified atom stereocenters. The molecule has 0 aliphatic carbocycles. The molecule has 0 saturated heterocycles. The molecule has 0 atom stereocenters. The number of carbonyl (C=O) groups is 1. The van der Waals surface area contributed by atoms with Crippen molar-refractivity contribution in [3.8, 4) is 22.4 Å². The summed E-state index contributed by atoms with van der Waals surface area (Å²) in [6.45, 7) is -1.73. The lowest BCUT2D eigenvalue weighted by Gasteiger charge is -2.13. The number of rotatable bonds is 5. The maximum Gasteiger partial charge on any atom is 0.405 e. The van der Waals surface area contributed by atoms with Crippen molar-refractivity contribution < 1.29 is 30.8 Å². The maximum absolute atomic E-state index is 13.6. The molecule has 4 rings (SSSR count). The van der Waals surface area contributed by atoms with Gasteiger partial charge in [-0.3, -0.25) is 4.79 Å². The minimum absolute atomic E-state index is 0.142. The first kappa shape index (κ1) is 24.6. The summed E-state index contributed by atoms with van der Waals surface area (Å²) in [5, 5.41) is 10.1. The second kappa shape index (κ2) is 8.91. The number of nitrogens with two attached hydrogens (primary N) is 1. The fourth-order valence-corrected chi connectivity index (χ4v) is 4.30. The zero-order valence-corrected chi connectivity index (χ0v) is 18.9. The molecular weight excluding hydrogens is 514 g/mol. The molecule has 2 aromatic carbocycles. The Morgan fingerprint density at radius 3 is 2.34 bits per heavy atom. The number of primary sulfonamides is 1. The summed E-state index contributed by atoms with van der Waals surface area (Å²) >= 11 is 6.33. The lowest BCUT2D eigenvalue weighted by molar-refractivity contribution is -0.123. The number of carbonyl (C=O) groups excluding carboxylic acids is 1. The van der Waals surface area contributed by atoms with Crippen molar-refractivity contribution in [2.24, 2.45) is 5.14 Å². The standard InChI is InChI=1S/C21H14ClF4N5O3S/c22-15-4-2-1-3-13(15)14-9-28-18-16(19(32)29-10-21(24,25)26)20(35(27,33)34)30-31(18)17(14)11-5-7-12(23)8-6-11/h1-9H,10H2,(H,29,32)(H2,27,33,34). The topological polar surface area (TPSA) is 119 Å². The van der Waals surface area contributed by atoms with Crippen molar-refractivity contribution in [3.63, 3.8) is 0 Å². The lowest BCUT2D eigenvalue weighted by Crippen LogP contribution is -2.34. The second-order valence-electron chi connectivity index (χ2n) is 7.27. The molecule has 2 heterocycles. The number of benzene rings is 2. The second-order valence-corrected chi connectivity index (χ2v) is 9.15. The number of sulfonamides is 1. The number of amides is 1. The van der Waals surface area contributed by atoms with Crippen LogP contribution >= 0.6 is 11.6 Å². The van der Waals surface area contributed by atoms with E-state index in [9.17, 15) is 30.8 Å². The average Bonchev–Trinajstić information content (AvgIpc) is 3.18. The molecule has 35 heavy (non-hydrogen) atoms. The highest BCUT2D eigenvalue weighted by Gasteiger charge is 2.33.